The summed E-state index contributed by atoms with van der Waals surface area (Å²) in [5, 5.41) is 13.2. The Kier molecular flexibility index (Phi) is 4.51. The van der Waals surface area contributed by atoms with Crippen molar-refractivity contribution in [2.24, 2.45) is 0 Å². The number of terminal acetylenes is 1. The normalized spacial score (nSPS) is 10.1. The number of nitrogens with zero attached hydrogens (tertiary/aromatic N) is 5. The first-order chi connectivity index (χ1) is 10.1. The highest BCUT2D eigenvalue weighted by molar-refractivity contribution is 5.84. The Morgan fingerprint density at radius 2 is 2.29 bits per heavy atom. The van der Waals surface area contributed by atoms with Crippen LogP contribution < -0.4 is 4.90 Å². The zero-order valence-electron chi connectivity index (χ0n) is 11.6. The quantitative estimate of drug-likeness (QED) is 0.798. The molecule has 1 N–H and O–H groups in total. The predicted octanol–water partition coefficient (Wildman–Crippen LogP) is 1.03. The molecule has 0 atom stereocenters. The topological polar surface area (TPSA) is 84.1 Å². The SMILES string of the molecule is C#CCn1ccc(CN(CC)c2cnc(C(=O)O)cn2)n1. The van der Waals surface area contributed by atoms with Gasteiger partial charge in [-0.05, 0) is 13.0 Å². The van der Waals surface area contributed by atoms with E-state index in [0.29, 0.717) is 25.5 Å². The van der Waals surface area contributed by atoms with Crippen LogP contribution in [0.4, 0.5) is 5.82 Å². The fourth-order valence-corrected chi connectivity index (χ4v) is 1.81. The molecular formula is C14H15N5O2. The van der Waals surface area contributed by atoms with Crippen molar-refractivity contribution in [3.8, 4) is 12.3 Å². The van der Waals surface area contributed by atoms with Crippen molar-refractivity contribution in [2.75, 3.05) is 11.4 Å². The summed E-state index contributed by atoms with van der Waals surface area (Å²) in [6, 6.07) is 1.89. The lowest BCUT2D eigenvalue weighted by atomic mass is 10.3. The molecule has 0 saturated carbocycles. The van der Waals surface area contributed by atoms with E-state index in [0.717, 1.165) is 5.69 Å². The lowest BCUT2D eigenvalue weighted by Crippen LogP contribution is -2.24. The highest BCUT2D eigenvalue weighted by Crippen LogP contribution is 2.12. The molecule has 0 amide bonds. The monoisotopic (exact) mass is 285 g/mol. The largest absolute Gasteiger partial charge is 0.476 e. The average Bonchev–Trinajstić information content (AvgIpc) is 2.92. The van der Waals surface area contributed by atoms with E-state index in [1.807, 2.05) is 24.1 Å². The number of carboxylic acids is 1. The van der Waals surface area contributed by atoms with Crippen LogP contribution in [0.1, 0.15) is 23.1 Å². The maximum Gasteiger partial charge on any atom is 0.356 e. The maximum absolute atomic E-state index is 10.8. The van der Waals surface area contributed by atoms with Crippen LogP contribution in [0.15, 0.2) is 24.7 Å². The molecule has 7 nitrogen and oxygen atoms in total. The molecule has 2 aromatic heterocycles. The third-order valence-corrected chi connectivity index (χ3v) is 2.87. The van der Waals surface area contributed by atoms with Crippen molar-refractivity contribution in [1.82, 2.24) is 19.7 Å². The van der Waals surface area contributed by atoms with E-state index in [1.54, 1.807) is 4.68 Å². The zero-order valence-corrected chi connectivity index (χ0v) is 11.6. The Morgan fingerprint density at radius 3 is 2.86 bits per heavy atom. The lowest BCUT2D eigenvalue weighted by Gasteiger charge is -2.20. The van der Waals surface area contributed by atoms with E-state index in [4.69, 9.17) is 11.5 Å². The number of hydrogen-bond donors (Lipinski definition) is 1. The Bertz CT molecular complexity index is 657. The summed E-state index contributed by atoms with van der Waals surface area (Å²) in [5.74, 6) is 2.04. The Balaban J connectivity index is 2.11. The fraction of sp³-hybridized carbons (Fsp3) is 0.286. The minimum atomic E-state index is -1.09. The predicted molar refractivity (Wildman–Crippen MR) is 76.8 cm³/mol. The molecule has 21 heavy (non-hydrogen) atoms. The summed E-state index contributed by atoms with van der Waals surface area (Å²) >= 11 is 0. The minimum absolute atomic E-state index is 0.0758. The van der Waals surface area contributed by atoms with Crippen LogP contribution in [-0.2, 0) is 13.1 Å². The van der Waals surface area contributed by atoms with Gasteiger partial charge in [-0.1, -0.05) is 5.92 Å². The summed E-state index contributed by atoms with van der Waals surface area (Å²) in [5.41, 5.74) is 0.782. The molecule has 0 saturated heterocycles. The van der Waals surface area contributed by atoms with Gasteiger partial charge in [-0.15, -0.1) is 6.42 Å². The van der Waals surface area contributed by atoms with Gasteiger partial charge in [0.25, 0.3) is 0 Å². The molecule has 0 fully saturated rings. The number of aromatic carboxylic acids is 1. The summed E-state index contributed by atoms with van der Waals surface area (Å²) in [4.78, 5) is 20.7. The Labute approximate surface area is 122 Å². The van der Waals surface area contributed by atoms with Crippen LogP contribution in [0.25, 0.3) is 0 Å². The smallest absolute Gasteiger partial charge is 0.356 e. The van der Waals surface area contributed by atoms with Crippen molar-refractivity contribution in [3.63, 3.8) is 0 Å². The molecule has 7 heteroatoms. The number of aromatic nitrogens is 4. The van der Waals surface area contributed by atoms with Crippen LogP contribution in [-0.4, -0.2) is 37.4 Å². The summed E-state index contributed by atoms with van der Waals surface area (Å²) in [6.45, 7) is 3.66. The van der Waals surface area contributed by atoms with E-state index in [1.165, 1.54) is 12.4 Å². The second kappa shape index (κ2) is 6.52. The fourth-order valence-electron chi connectivity index (χ4n) is 1.81. The first kappa shape index (κ1) is 14.5. The molecule has 2 rings (SSSR count). The highest BCUT2D eigenvalue weighted by Gasteiger charge is 2.11. The van der Waals surface area contributed by atoms with Gasteiger partial charge < -0.3 is 10.0 Å². The molecule has 0 bridgehead atoms. The van der Waals surface area contributed by atoms with Gasteiger partial charge in [-0.3, -0.25) is 4.68 Å². The van der Waals surface area contributed by atoms with Gasteiger partial charge in [-0.25, -0.2) is 14.8 Å². The summed E-state index contributed by atoms with van der Waals surface area (Å²) in [6.07, 6.45) is 9.76. The zero-order chi connectivity index (χ0) is 15.2. The molecule has 2 aromatic rings. The van der Waals surface area contributed by atoms with E-state index in [2.05, 4.69) is 21.0 Å². The molecule has 0 unspecified atom stereocenters. The molecule has 0 aliphatic rings. The Morgan fingerprint density at radius 1 is 1.48 bits per heavy atom. The number of hydrogen-bond acceptors (Lipinski definition) is 5. The van der Waals surface area contributed by atoms with Gasteiger partial charge in [0.15, 0.2) is 5.69 Å². The van der Waals surface area contributed by atoms with Crippen LogP contribution in [0, 0.1) is 12.3 Å². The van der Waals surface area contributed by atoms with Crippen LogP contribution in [0.2, 0.25) is 0 Å². The lowest BCUT2D eigenvalue weighted by molar-refractivity contribution is 0.0690. The maximum atomic E-state index is 10.8. The molecule has 0 spiro atoms. The molecule has 2 heterocycles. The van der Waals surface area contributed by atoms with Crippen molar-refractivity contribution in [3.05, 3.63) is 36.0 Å². The number of carboxylic acid groups (broad SMARTS) is 1. The molecule has 108 valence electrons. The standard InChI is InChI=1S/C14H15N5O2/c1-3-6-19-7-5-11(17-19)10-18(4-2)13-9-15-12(8-16-13)14(20)21/h1,5,7-9H,4,6,10H2,2H3,(H,20,21). The van der Waals surface area contributed by atoms with Crippen molar-refractivity contribution in [2.45, 2.75) is 20.0 Å². The first-order valence-corrected chi connectivity index (χ1v) is 6.40. The van der Waals surface area contributed by atoms with E-state index < -0.39 is 5.97 Å². The van der Waals surface area contributed by atoms with E-state index >= 15 is 0 Å². The van der Waals surface area contributed by atoms with Gasteiger partial charge in [0.1, 0.15) is 12.4 Å². The Hall–Kier alpha value is -2.88. The third-order valence-electron chi connectivity index (χ3n) is 2.87. The van der Waals surface area contributed by atoms with E-state index in [-0.39, 0.29) is 5.69 Å². The second-order valence-electron chi connectivity index (χ2n) is 4.29. The van der Waals surface area contributed by atoms with Crippen molar-refractivity contribution in [1.29, 1.82) is 0 Å². The number of carbonyl (C=O) groups is 1. The molecule has 0 aliphatic heterocycles. The van der Waals surface area contributed by atoms with Crippen LogP contribution in [0.3, 0.4) is 0 Å². The minimum Gasteiger partial charge on any atom is -0.476 e. The van der Waals surface area contributed by atoms with Gasteiger partial charge >= 0.3 is 5.97 Å². The van der Waals surface area contributed by atoms with Gasteiger partial charge in [0, 0.05) is 12.7 Å². The summed E-state index contributed by atoms with van der Waals surface area (Å²) < 4.78 is 1.68. The third kappa shape index (κ3) is 3.57. The van der Waals surface area contributed by atoms with E-state index in [9.17, 15) is 4.79 Å². The molecule has 0 aliphatic carbocycles. The highest BCUT2D eigenvalue weighted by atomic mass is 16.4. The van der Waals surface area contributed by atoms with Crippen molar-refractivity contribution >= 4 is 11.8 Å². The number of anilines is 1. The molecule has 0 radical (unpaired) electrons. The van der Waals surface area contributed by atoms with Gasteiger partial charge in [-0.2, -0.15) is 5.10 Å². The van der Waals surface area contributed by atoms with Gasteiger partial charge in [0.2, 0.25) is 0 Å². The number of rotatable bonds is 6. The average molecular weight is 285 g/mol. The van der Waals surface area contributed by atoms with Crippen LogP contribution >= 0.6 is 0 Å². The van der Waals surface area contributed by atoms with Crippen LogP contribution in [0.5, 0.6) is 0 Å². The second-order valence-corrected chi connectivity index (χ2v) is 4.29. The summed E-state index contributed by atoms with van der Waals surface area (Å²) in [7, 11) is 0. The molecule has 0 aromatic carbocycles. The molecular weight excluding hydrogens is 270 g/mol. The van der Waals surface area contributed by atoms with Crippen molar-refractivity contribution < 1.29 is 9.90 Å². The van der Waals surface area contributed by atoms with Gasteiger partial charge in [0.05, 0.1) is 24.6 Å². The first-order valence-electron chi connectivity index (χ1n) is 6.40.